The fourth-order valence-corrected chi connectivity index (χ4v) is 17.2. The number of hydrogen-bond donors (Lipinski definition) is 0. The van der Waals surface area contributed by atoms with E-state index in [0.29, 0.717) is 0 Å². The van der Waals surface area contributed by atoms with E-state index in [1.807, 2.05) is 11.1 Å². The molecule has 5 heteroatoms. The van der Waals surface area contributed by atoms with Gasteiger partial charge in [0.25, 0.3) is 0 Å². The van der Waals surface area contributed by atoms with Crippen LogP contribution in [0.5, 0.6) is 0 Å². The average molecular weight is 554 g/mol. The molecule has 33 heavy (non-hydrogen) atoms. The zero-order chi connectivity index (χ0) is 20.6. The molecule has 4 aliphatic carbocycles. The quantitative estimate of drug-likeness (QED) is 0.370. The molecule has 0 amide bonds. The first kappa shape index (κ1) is 29.9. The molecular formula is C28H42Cl2Si2Ti. The summed E-state index contributed by atoms with van der Waals surface area (Å²) in [4.78, 5) is 0. The number of rotatable bonds is 4. The second-order valence-electron chi connectivity index (χ2n) is 11.0. The van der Waals surface area contributed by atoms with Gasteiger partial charge in [0.15, 0.2) is 0 Å². The monoisotopic (exact) mass is 552 g/mol. The zero-order valence-electron chi connectivity index (χ0n) is 20.7. The topological polar surface area (TPSA) is 0 Å². The molecule has 0 aromatic rings. The Bertz CT molecular complexity index is 665. The molecule has 2 heterocycles. The van der Waals surface area contributed by atoms with E-state index in [0.717, 1.165) is 23.7 Å². The Hall–Kier alpha value is 0.688. The third kappa shape index (κ3) is 5.52. The van der Waals surface area contributed by atoms with E-state index in [-0.39, 0.29) is 46.5 Å². The fourth-order valence-electron chi connectivity index (χ4n) is 7.83. The Morgan fingerprint density at radius 3 is 1.30 bits per heavy atom. The van der Waals surface area contributed by atoms with Crippen molar-refractivity contribution in [3.8, 4) is 0 Å². The second kappa shape index (κ2) is 12.8. The van der Waals surface area contributed by atoms with Gasteiger partial charge >= 0.3 is 21.7 Å². The molecule has 6 rings (SSSR count). The third-order valence-corrected chi connectivity index (χ3v) is 22.0. The van der Waals surface area contributed by atoms with Crippen LogP contribution in [0, 0.1) is 34.8 Å². The first-order valence-electron chi connectivity index (χ1n) is 13.1. The summed E-state index contributed by atoms with van der Waals surface area (Å²) in [6, 6.07) is 9.48. The fraction of sp³-hybridized carbons (Fsp3) is 0.643. The first-order valence-corrected chi connectivity index (χ1v) is 18.4. The van der Waals surface area contributed by atoms with E-state index in [2.05, 4.69) is 62.5 Å². The maximum Gasteiger partial charge on any atom is 4.00 e. The molecule has 0 N–H and O–H groups in total. The predicted molar refractivity (Wildman–Crippen MR) is 136 cm³/mol. The van der Waals surface area contributed by atoms with E-state index in [4.69, 9.17) is 0 Å². The Morgan fingerprint density at radius 1 is 0.636 bits per heavy atom. The number of allylic oxidation sites excluding steroid dienone is 8. The third-order valence-electron chi connectivity index (χ3n) is 10.1. The van der Waals surface area contributed by atoms with Crippen molar-refractivity contribution >= 4 is 16.1 Å². The molecule has 2 aliphatic heterocycles. The summed E-state index contributed by atoms with van der Waals surface area (Å²) in [7, 11) is -1.72. The van der Waals surface area contributed by atoms with Crippen LogP contribution < -0.4 is 24.8 Å². The van der Waals surface area contributed by atoms with Crippen molar-refractivity contribution in [1.29, 1.82) is 0 Å². The summed E-state index contributed by atoms with van der Waals surface area (Å²) >= 11 is 0. The molecular weight excluding hydrogens is 511 g/mol. The summed E-state index contributed by atoms with van der Waals surface area (Å²) in [5.74, 6) is 3.48. The van der Waals surface area contributed by atoms with Crippen molar-refractivity contribution in [1.82, 2.24) is 0 Å². The Labute approximate surface area is 233 Å². The van der Waals surface area contributed by atoms with Gasteiger partial charge in [0.2, 0.25) is 0 Å². The van der Waals surface area contributed by atoms with Crippen LogP contribution in [0.3, 0.4) is 0 Å². The van der Waals surface area contributed by atoms with Crippen LogP contribution in [-0.2, 0) is 21.7 Å². The largest absolute Gasteiger partial charge is 4.00 e. The maximum atomic E-state index is 2.50. The molecule has 180 valence electrons. The van der Waals surface area contributed by atoms with Crippen LogP contribution in [0.1, 0.15) is 52.4 Å². The zero-order valence-corrected chi connectivity index (χ0v) is 25.7. The minimum Gasteiger partial charge on any atom is -1.00 e. The summed E-state index contributed by atoms with van der Waals surface area (Å²) in [6.45, 7) is 4.90. The van der Waals surface area contributed by atoms with Crippen LogP contribution in [0.25, 0.3) is 0 Å². The van der Waals surface area contributed by atoms with Crippen LogP contribution >= 0.6 is 0 Å². The minimum atomic E-state index is -0.860. The van der Waals surface area contributed by atoms with Crippen LogP contribution in [-0.4, -0.2) is 16.1 Å². The molecule has 0 radical (unpaired) electrons. The number of halogens is 2. The van der Waals surface area contributed by atoms with Crippen LogP contribution in [0.2, 0.25) is 36.3 Å². The summed E-state index contributed by atoms with van der Waals surface area (Å²) < 4.78 is 0. The first-order chi connectivity index (χ1) is 14.7. The van der Waals surface area contributed by atoms with Crippen LogP contribution in [0.4, 0.5) is 0 Å². The van der Waals surface area contributed by atoms with E-state index in [9.17, 15) is 0 Å². The molecule has 4 unspecified atom stereocenters. The molecule has 0 nitrogen and oxygen atoms in total. The van der Waals surface area contributed by atoms with Gasteiger partial charge in [-0.05, 0) is 11.8 Å². The minimum absolute atomic E-state index is 0. The smallest absolute Gasteiger partial charge is 1.00 e. The van der Waals surface area contributed by atoms with Gasteiger partial charge in [0.05, 0.1) is 0 Å². The summed E-state index contributed by atoms with van der Waals surface area (Å²) in [5, 5.41) is 0. The van der Waals surface area contributed by atoms with E-state index < -0.39 is 16.1 Å². The number of fused-ring (bicyclic) bond motifs is 2. The summed E-state index contributed by atoms with van der Waals surface area (Å²) in [5.41, 5.74) is 4.09. The standard InChI is InChI=1S/2C14H21Si.2ClH.Ti/c2*1-2-15(10-5-11-15)14-9-8-12-6-3-4-7-13(12)14;;;/h2*3-4,6-7,12-13H,2,5,8-11H2,1H3;2*1H;/q2*-1;;;+4/p-2. The second-order valence-corrected chi connectivity index (χ2v) is 20.8. The van der Waals surface area contributed by atoms with Crippen molar-refractivity contribution in [3.05, 3.63) is 59.7 Å². The summed E-state index contributed by atoms with van der Waals surface area (Å²) in [6.07, 6.45) is 27.8. The van der Waals surface area contributed by atoms with Crippen molar-refractivity contribution < 1.29 is 46.5 Å². The Kier molecular flexibility index (Phi) is 11.6. The molecule has 2 saturated heterocycles. The maximum absolute atomic E-state index is 2.50. The Morgan fingerprint density at radius 2 is 1.00 bits per heavy atom. The molecule has 0 bridgehead atoms. The van der Waals surface area contributed by atoms with Crippen molar-refractivity contribution in [2.24, 2.45) is 23.7 Å². The van der Waals surface area contributed by atoms with Gasteiger partial charge in [-0.25, -0.2) is 0 Å². The normalized spacial score (nSPS) is 34.2. The molecule has 0 aromatic heterocycles. The average Bonchev–Trinajstić information content (AvgIpc) is 3.34. The molecule has 0 aromatic carbocycles. The van der Waals surface area contributed by atoms with Gasteiger partial charge in [-0.3, -0.25) is 0 Å². The molecule has 4 atom stereocenters. The Balaban J connectivity index is 0.000000214. The van der Waals surface area contributed by atoms with E-state index in [1.165, 1.54) is 50.6 Å². The van der Waals surface area contributed by atoms with Gasteiger partial charge in [-0.15, -0.1) is 24.0 Å². The van der Waals surface area contributed by atoms with Crippen LogP contribution in [0.15, 0.2) is 48.6 Å². The predicted octanol–water partition coefficient (Wildman–Crippen LogP) is 2.25. The SMILES string of the molecule is CC[Si]1([C-]2CCC3C=CC=CC23)CCC1.CC[Si]1([C-]2CCC3C=CC=CC23)CCC1.[Cl-].[Cl-].[Ti+4]. The van der Waals surface area contributed by atoms with E-state index in [1.54, 1.807) is 24.2 Å². The van der Waals surface area contributed by atoms with Crippen molar-refractivity contribution in [2.75, 3.05) is 0 Å². The molecule has 2 saturated carbocycles. The van der Waals surface area contributed by atoms with Gasteiger partial charge in [0, 0.05) is 0 Å². The van der Waals surface area contributed by atoms with Gasteiger partial charge in [-0.1, -0.05) is 128 Å². The van der Waals surface area contributed by atoms with E-state index >= 15 is 0 Å². The van der Waals surface area contributed by atoms with Gasteiger partial charge in [-0.2, -0.15) is 12.8 Å². The molecule has 0 spiro atoms. The van der Waals surface area contributed by atoms with Gasteiger partial charge in [0.1, 0.15) is 0 Å². The molecule has 6 aliphatic rings. The van der Waals surface area contributed by atoms with Crippen molar-refractivity contribution in [2.45, 2.75) is 88.6 Å². The number of hydrogen-bond acceptors (Lipinski definition) is 0. The van der Waals surface area contributed by atoms with Gasteiger partial charge < -0.3 is 35.9 Å². The van der Waals surface area contributed by atoms with Crippen molar-refractivity contribution in [3.63, 3.8) is 0 Å². The molecule has 4 fully saturated rings.